The summed E-state index contributed by atoms with van der Waals surface area (Å²) >= 11 is 0. The van der Waals surface area contributed by atoms with Gasteiger partial charge in [-0.3, -0.25) is 4.79 Å². The van der Waals surface area contributed by atoms with E-state index < -0.39 is 0 Å². The molecule has 2 aromatic carbocycles. The van der Waals surface area contributed by atoms with Gasteiger partial charge in [-0.15, -0.1) is 0 Å². The first-order chi connectivity index (χ1) is 12.9. The molecule has 2 aliphatic rings. The minimum absolute atomic E-state index is 0.103. The molecule has 4 nitrogen and oxygen atoms in total. The molecule has 0 saturated carbocycles. The van der Waals surface area contributed by atoms with Crippen molar-refractivity contribution in [1.82, 2.24) is 0 Å². The number of Topliss-reactive ketones (excluding diaryl/α,β-unsaturated/α-hetero) is 1. The number of fused-ring (bicyclic) bond motifs is 2. The molecule has 2 aromatic rings. The number of ketones is 1. The third kappa shape index (κ3) is 3.20. The summed E-state index contributed by atoms with van der Waals surface area (Å²) in [4.78, 5) is 13.3. The van der Waals surface area contributed by atoms with E-state index in [0.717, 1.165) is 33.9 Å². The van der Waals surface area contributed by atoms with Crippen molar-refractivity contribution in [1.29, 1.82) is 0 Å². The van der Waals surface area contributed by atoms with Crippen LogP contribution in [0.15, 0.2) is 36.4 Å². The van der Waals surface area contributed by atoms with Crippen molar-refractivity contribution in [2.75, 3.05) is 13.7 Å². The highest BCUT2D eigenvalue weighted by molar-refractivity contribution is 6.02. The lowest BCUT2D eigenvalue weighted by atomic mass is 9.85. The lowest BCUT2D eigenvalue weighted by molar-refractivity contribution is 0.0932. The molecule has 4 heteroatoms. The van der Waals surface area contributed by atoms with Gasteiger partial charge in [-0.2, -0.15) is 0 Å². The number of benzene rings is 2. The van der Waals surface area contributed by atoms with Crippen molar-refractivity contribution in [3.8, 4) is 17.2 Å². The van der Waals surface area contributed by atoms with Crippen molar-refractivity contribution in [2.45, 2.75) is 38.7 Å². The van der Waals surface area contributed by atoms with Crippen LogP contribution in [0.25, 0.3) is 6.08 Å². The number of carbonyl (C=O) groups is 1. The van der Waals surface area contributed by atoms with Gasteiger partial charge in [-0.1, -0.05) is 6.08 Å². The number of aryl methyl sites for hydroxylation is 1. The summed E-state index contributed by atoms with van der Waals surface area (Å²) < 4.78 is 17.2. The Morgan fingerprint density at radius 2 is 2.00 bits per heavy atom. The Morgan fingerprint density at radius 3 is 2.78 bits per heavy atom. The quantitative estimate of drug-likeness (QED) is 0.724. The van der Waals surface area contributed by atoms with Gasteiger partial charge in [0.1, 0.15) is 22.8 Å². The number of rotatable bonds is 3. The monoisotopic (exact) mass is 364 g/mol. The molecular formula is C23H24O4. The number of methoxy groups -OCH3 is 1. The fraction of sp³-hybridized carbons (Fsp3) is 0.348. The van der Waals surface area contributed by atoms with E-state index in [-0.39, 0.29) is 17.3 Å². The maximum Gasteiger partial charge on any atom is 0.170 e. The summed E-state index contributed by atoms with van der Waals surface area (Å²) in [5.41, 5.74) is 3.21. The topological polar surface area (TPSA) is 44.8 Å². The molecule has 2 heterocycles. The number of hydrogen-bond donors (Lipinski definition) is 0. The fourth-order valence-corrected chi connectivity index (χ4v) is 3.74. The van der Waals surface area contributed by atoms with E-state index in [1.807, 2.05) is 63.3 Å². The van der Waals surface area contributed by atoms with Crippen molar-refractivity contribution in [3.05, 3.63) is 58.7 Å². The standard InChI is InChI=1S/C23H24O4/c1-14-11-21-18(13-20(14)25-4)17(8-10-26-21)22(24)16-5-6-19-15(12-16)7-9-23(2,3)27-19/h5-7,9,11-13,17H,8,10H2,1-4H3/t17-/m1/s1. The van der Waals surface area contributed by atoms with Gasteiger partial charge in [0.05, 0.1) is 19.6 Å². The maximum atomic E-state index is 13.3. The molecule has 1 atom stereocenters. The molecule has 0 spiro atoms. The molecule has 2 aliphatic heterocycles. The second kappa shape index (κ2) is 6.45. The minimum Gasteiger partial charge on any atom is -0.496 e. The second-order valence-electron chi connectivity index (χ2n) is 7.71. The number of ether oxygens (including phenoxy) is 3. The zero-order valence-corrected chi connectivity index (χ0v) is 16.2. The molecule has 0 radical (unpaired) electrons. The van der Waals surface area contributed by atoms with Crippen LogP contribution in [0.1, 0.15) is 53.2 Å². The number of carbonyl (C=O) groups excluding carboxylic acids is 1. The molecule has 0 aliphatic carbocycles. The lowest BCUT2D eigenvalue weighted by Gasteiger charge is -2.29. The Kier molecular flexibility index (Phi) is 4.22. The molecule has 0 aromatic heterocycles. The van der Waals surface area contributed by atoms with Crippen LogP contribution in [-0.2, 0) is 0 Å². The molecular weight excluding hydrogens is 340 g/mol. The molecule has 27 heavy (non-hydrogen) atoms. The Hall–Kier alpha value is -2.75. The maximum absolute atomic E-state index is 13.3. The molecule has 0 fully saturated rings. The average molecular weight is 364 g/mol. The van der Waals surface area contributed by atoms with Crippen molar-refractivity contribution in [3.63, 3.8) is 0 Å². The van der Waals surface area contributed by atoms with Gasteiger partial charge in [0.2, 0.25) is 0 Å². The van der Waals surface area contributed by atoms with Gasteiger partial charge in [-0.25, -0.2) is 0 Å². The molecule has 0 unspecified atom stereocenters. The van der Waals surface area contributed by atoms with E-state index in [4.69, 9.17) is 14.2 Å². The Balaban J connectivity index is 1.69. The van der Waals surface area contributed by atoms with E-state index in [2.05, 4.69) is 0 Å². The van der Waals surface area contributed by atoms with Crippen LogP contribution in [0.3, 0.4) is 0 Å². The van der Waals surface area contributed by atoms with Gasteiger partial charge >= 0.3 is 0 Å². The van der Waals surface area contributed by atoms with Gasteiger partial charge in [-0.05, 0) is 69.2 Å². The Bertz CT molecular complexity index is 940. The van der Waals surface area contributed by atoms with Crippen molar-refractivity contribution >= 4 is 11.9 Å². The molecule has 140 valence electrons. The summed E-state index contributed by atoms with van der Waals surface area (Å²) in [6, 6.07) is 9.57. The van der Waals surface area contributed by atoms with Crippen LogP contribution in [0.2, 0.25) is 0 Å². The zero-order chi connectivity index (χ0) is 19.2. The van der Waals surface area contributed by atoms with E-state index in [0.29, 0.717) is 18.6 Å². The third-order valence-electron chi connectivity index (χ3n) is 5.21. The molecule has 4 rings (SSSR count). The second-order valence-corrected chi connectivity index (χ2v) is 7.71. The summed E-state index contributed by atoms with van der Waals surface area (Å²) in [7, 11) is 1.65. The highest BCUT2D eigenvalue weighted by atomic mass is 16.5. The smallest absolute Gasteiger partial charge is 0.170 e. The van der Waals surface area contributed by atoms with Gasteiger partial charge in [0.25, 0.3) is 0 Å². The summed E-state index contributed by atoms with van der Waals surface area (Å²) in [5, 5.41) is 0. The van der Waals surface area contributed by atoms with Crippen molar-refractivity contribution < 1.29 is 19.0 Å². The van der Waals surface area contributed by atoms with Crippen LogP contribution in [0.4, 0.5) is 0 Å². The van der Waals surface area contributed by atoms with Crippen LogP contribution in [0.5, 0.6) is 17.2 Å². The van der Waals surface area contributed by atoms with E-state index >= 15 is 0 Å². The predicted octanol–water partition coefficient (Wildman–Crippen LogP) is 4.94. The van der Waals surface area contributed by atoms with Crippen LogP contribution in [-0.4, -0.2) is 25.1 Å². The molecule has 0 amide bonds. The summed E-state index contributed by atoms with van der Waals surface area (Å²) in [6.45, 7) is 6.54. The highest BCUT2D eigenvalue weighted by Crippen LogP contribution is 2.40. The van der Waals surface area contributed by atoms with E-state index in [1.54, 1.807) is 7.11 Å². The first-order valence-corrected chi connectivity index (χ1v) is 9.26. The predicted molar refractivity (Wildman–Crippen MR) is 105 cm³/mol. The largest absolute Gasteiger partial charge is 0.496 e. The van der Waals surface area contributed by atoms with Gasteiger partial charge in [0, 0.05) is 16.7 Å². The first-order valence-electron chi connectivity index (χ1n) is 9.26. The van der Waals surface area contributed by atoms with Crippen LogP contribution >= 0.6 is 0 Å². The number of hydrogen-bond acceptors (Lipinski definition) is 4. The SMILES string of the molecule is COc1cc2c(cc1C)OCC[C@H]2C(=O)c1ccc2c(c1)C=CC(C)(C)O2. The van der Waals surface area contributed by atoms with Crippen molar-refractivity contribution in [2.24, 2.45) is 0 Å². The third-order valence-corrected chi connectivity index (χ3v) is 5.21. The zero-order valence-electron chi connectivity index (χ0n) is 16.2. The highest BCUT2D eigenvalue weighted by Gasteiger charge is 2.30. The molecule has 0 saturated heterocycles. The average Bonchev–Trinajstić information content (AvgIpc) is 2.65. The Labute approximate surface area is 159 Å². The summed E-state index contributed by atoms with van der Waals surface area (Å²) in [6.07, 6.45) is 4.70. The molecule has 0 N–H and O–H groups in total. The normalized spacial score (nSPS) is 19.3. The Morgan fingerprint density at radius 1 is 1.19 bits per heavy atom. The first kappa shape index (κ1) is 17.7. The van der Waals surface area contributed by atoms with E-state index in [9.17, 15) is 4.79 Å². The lowest BCUT2D eigenvalue weighted by Crippen LogP contribution is -2.27. The van der Waals surface area contributed by atoms with E-state index in [1.165, 1.54) is 0 Å². The van der Waals surface area contributed by atoms with Gasteiger partial charge in [0.15, 0.2) is 5.78 Å². The summed E-state index contributed by atoms with van der Waals surface area (Å²) in [5.74, 6) is 2.24. The van der Waals surface area contributed by atoms with Gasteiger partial charge < -0.3 is 14.2 Å². The minimum atomic E-state index is -0.327. The van der Waals surface area contributed by atoms with Crippen LogP contribution < -0.4 is 14.2 Å². The van der Waals surface area contributed by atoms with Crippen LogP contribution in [0, 0.1) is 6.92 Å². The molecule has 0 bridgehead atoms. The fourth-order valence-electron chi connectivity index (χ4n) is 3.74.